The fourth-order valence-electron chi connectivity index (χ4n) is 1.44. The van der Waals surface area contributed by atoms with Crippen LogP contribution in [0.2, 0.25) is 0 Å². The monoisotopic (exact) mass is 338 g/mol. The molecule has 0 aliphatic rings. The second-order valence-electron chi connectivity index (χ2n) is 3.71. The Balaban J connectivity index is 2.36. The van der Waals surface area contributed by atoms with Gasteiger partial charge in [0.2, 0.25) is 0 Å². The molecule has 0 bridgehead atoms. The SMILES string of the molecule is Cc1cc(/C(N)=N/O)cc(Sc2ncccc2Br)n1. The Labute approximate surface area is 123 Å². The van der Waals surface area contributed by atoms with E-state index in [0.717, 1.165) is 20.2 Å². The van der Waals surface area contributed by atoms with Crippen LogP contribution < -0.4 is 5.73 Å². The minimum absolute atomic E-state index is 0.0624. The molecule has 2 rings (SSSR count). The molecule has 19 heavy (non-hydrogen) atoms. The van der Waals surface area contributed by atoms with E-state index < -0.39 is 0 Å². The van der Waals surface area contributed by atoms with E-state index in [-0.39, 0.29) is 5.84 Å². The fraction of sp³-hybridized carbons (Fsp3) is 0.0833. The molecule has 0 spiro atoms. The predicted octanol–water partition coefficient (Wildman–Crippen LogP) is 2.79. The highest BCUT2D eigenvalue weighted by Crippen LogP contribution is 2.30. The zero-order valence-electron chi connectivity index (χ0n) is 10.0. The van der Waals surface area contributed by atoms with Crippen LogP contribution in [0.25, 0.3) is 0 Å². The van der Waals surface area contributed by atoms with Crippen molar-refractivity contribution in [3.63, 3.8) is 0 Å². The van der Waals surface area contributed by atoms with Crippen molar-refractivity contribution >= 4 is 33.5 Å². The van der Waals surface area contributed by atoms with Crippen LogP contribution in [0.3, 0.4) is 0 Å². The molecule has 0 fully saturated rings. The summed E-state index contributed by atoms with van der Waals surface area (Å²) in [5, 5.41) is 13.3. The average Bonchev–Trinajstić information content (AvgIpc) is 2.40. The Kier molecular flexibility index (Phi) is 4.39. The number of amidine groups is 1. The number of halogens is 1. The summed E-state index contributed by atoms with van der Waals surface area (Å²) in [5.41, 5.74) is 7.01. The first-order chi connectivity index (χ1) is 9.10. The average molecular weight is 339 g/mol. The van der Waals surface area contributed by atoms with Crippen LogP contribution in [0.4, 0.5) is 0 Å². The third-order valence-electron chi connectivity index (χ3n) is 2.26. The second-order valence-corrected chi connectivity index (χ2v) is 5.58. The first-order valence-corrected chi connectivity index (χ1v) is 6.96. The van der Waals surface area contributed by atoms with Gasteiger partial charge in [-0.05, 0) is 58.9 Å². The topological polar surface area (TPSA) is 84.4 Å². The number of aromatic nitrogens is 2. The fourth-order valence-corrected chi connectivity index (χ4v) is 2.79. The van der Waals surface area contributed by atoms with E-state index in [4.69, 9.17) is 10.9 Å². The zero-order chi connectivity index (χ0) is 13.8. The van der Waals surface area contributed by atoms with E-state index in [2.05, 4.69) is 31.1 Å². The molecule has 5 nitrogen and oxygen atoms in total. The van der Waals surface area contributed by atoms with Crippen molar-refractivity contribution in [1.29, 1.82) is 0 Å². The molecule has 0 aromatic carbocycles. The Morgan fingerprint density at radius 2 is 2.26 bits per heavy atom. The quantitative estimate of drug-likeness (QED) is 0.389. The largest absolute Gasteiger partial charge is 0.409 e. The van der Waals surface area contributed by atoms with Crippen LogP contribution in [0.5, 0.6) is 0 Å². The van der Waals surface area contributed by atoms with Gasteiger partial charge in [0.1, 0.15) is 10.1 Å². The Morgan fingerprint density at radius 3 is 2.95 bits per heavy atom. The summed E-state index contributed by atoms with van der Waals surface area (Å²) >= 11 is 4.84. The van der Waals surface area contributed by atoms with Gasteiger partial charge < -0.3 is 10.9 Å². The van der Waals surface area contributed by atoms with Crippen LogP contribution >= 0.6 is 27.7 Å². The van der Waals surface area contributed by atoms with E-state index in [0.29, 0.717) is 5.56 Å². The van der Waals surface area contributed by atoms with Gasteiger partial charge in [0.05, 0.1) is 4.47 Å². The van der Waals surface area contributed by atoms with Crippen molar-refractivity contribution in [1.82, 2.24) is 9.97 Å². The molecule has 0 radical (unpaired) electrons. The molecule has 0 atom stereocenters. The summed E-state index contributed by atoms with van der Waals surface area (Å²) in [5.74, 6) is 0.0624. The van der Waals surface area contributed by atoms with Crippen LogP contribution in [0, 0.1) is 6.92 Å². The molecule has 0 aliphatic carbocycles. The van der Waals surface area contributed by atoms with Crippen molar-refractivity contribution in [3.05, 3.63) is 46.2 Å². The molecular weight excluding hydrogens is 328 g/mol. The smallest absolute Gasteiger partial charge is 0.170 e. The number of hydrogen-bond acceptors (Lipinski definition) is 5. The van der Waals surface area contributed by atoms with Crippen molar-refractivity contribution in [3.8, 4) is 0 Å². The van der Waals surface area contributed by atoms with Gasteiger partial charge in [0.25, 0.3) is 0 Å². The molecule has 0 aliphatic heterocycles. The van der Waals surface area contributed by atoms with Gasteiger partial charge in [0.15, 0.2) is 5.84 Å². The molecule has 2 heterocycles. The van der Waals surface area contributed by atoms with Gasteiger partial charge in [0, 0.05) is 17.5 Å². The minimum atomic E-state index is 0.0624. The van der Waals surface area contributed by atoms with Crippen molar-refractivity contribution < 1.29 is 5.21 Å². The molecule has 0 saturated carbocycles. The van der Waals surface area contributed by atoms with Gasteiger partial charge in [-0.1, -0.05) is 5.16 Å². The molecule has 0 amide bonds. The number of hydrogen-bond donors (Lipinski definition) is 2. The highest BCUT2D eigenvalue weighted by molar-refractivity contribution is 9.10. The van der Waals surface area contributed by atoms with Crippen molar-refractivity contribution in [2.45, 2.75) is 17.0 Å². The Hall–Kier alpha value is -1.60. The Bertz CT molecular complexity index is 633. The first-order valence-electron chi connectivity index (χ1n) is 5.35. The molecule has 0 unspecified atom stereocenters. The van der Waals surface area contributed by atoms with E-state index >= 15 is 0 Å². The lowest BCUT2D eigenvalue weighted by molar-refractivity contribution is 0.318. The normalized spacial score (nSPS) is 11.6. The van der Waals surface area contributed by atoms with Gasteiger partial charge in [-0.3, -0.25) is 0 Å². The number of pyridine rings is 2. The van der Waals surface area contributed by atoms with Gasteiger partial charge in [-0.15, -0.1) is 0 Å². The second kappa shape index (κ2) is 6.03. The summed E-state index contributed by atoms with van der Waals surface area (Å²) in [4.78, 5) is 8.66. The van der Waals surface area contributed by atoms with Gasteiger partial charge >= 0.3 is 0 Å². The van der Waals surface area contributed by atoms with Crippen molar-refractivity contribution in [2.75, 3.05) is 0 Å². The Morgan fingerprint density at radius 1 is 1.47 bits per heavy atom. The molecule has 98 valence electrons. The third kappa shape index (κ3) is 3.45. The summed E-state index contributed by atoms with van der Waals surface area (Å²) in [6, 6.07) is 7.27. The summed E-state index contributed by atoms with van der Waals surface area (Å²) in [7, 11) is 0. The van der Waals surface area contributed by atoms with E-state index in [9.17, 15) is 0 Å². The summed E-state index contributed by atoms with van der Waals surface area (Å²) < 4.78 is 0.897. The van der Waals surface area contributed by atoms with Gasteiger partial charge in [-0.25, -0.2) is 9.97 Å². The highest BCUT2D eigenvalue weighted by atomic mass is 79.9. The lowest BCUT2D eigenvalue weighted by Gasteiger charge is -2.06. The standard InChI is InChI=1S/C12H11BrN4OS/c1-7-5-8(11(14)17-18)6-10(16-7)19-12-9(13)3-2-4-15-12/h2-6,18H,1H3,(H2,14,17). The summed E-state index contributed by atoms with van der Waals surface area (Å²) in [6.07, 6.45) is 1.72. The van der Waals surface area contributed by atoms with Crippen molar-refractivity contribution in [2.24, 2.45) is 10.9 Å². The van der Waals surface area contributed by atoms with Gasteiger partial charge in [-0.2, -0.15) is 0 Å². The number of nitrogens with zero attached hydrogens (tertiary/aromatic N) is 3. The highest BCUT2D eigenvalue weighted by Gasteiger charge is 2.08. The van der Waals surface area contributed by atoms with Crippen LogP contribution in [-0.4, -0.2) is 21.0 Å². The van der Waals surface area contributed by atoms with E-state index in [1.54, 1.807) is 18.3 Å². The molecule has 3 N–H and O–H groups in total. The predicted molar refractivity (Wildman–Crippen MR) is 77.5 cm³/mol. The number of rotatable bonds is 3. The lowest BCUT2D eigenvalue weighted by Crippen LogP contribution is -2.13. The molecule has 2 aromatic heterocycles. The number of aryl methyl sites for hydroxylation is 1. The number of nitrogens with two attached hydrogens (primary N) is 1. The maximum absolute atomic E-state index is 8.72. The number of oxime groups is 1. The molecule has 7 heteroatoms. The third-order valence-corrected chi connectivity index (χ3v) is 4.10. The minimum Gasteiger partial charge on any atom is -0.409 e. The first kappa shape index (κ1) is 13.8. The lowest BCUT2D eigenvalue weighted by atomic mass is 10.2. The molecular formula is C12H11BrN4OS. The maximum Gasteiger partial charge on any atom is 0.170 e. The maximum atomic E-state index is 8.72. The van der Waals surface area contributed by atoms with E-state index in [1.807, 2.05) is 19.1 Å². The zero-order valence-corrected chi connectivity index (χ0v) is 12.4. The van der Waals surface area contributed by atoms with E-state index in [1.165, 1.54) is 11.8 Å². The van der Waals surface area contributed by atoms with Crippen LogP contribution in [-0.2, 0) is 0 Å². The molecule has 2 aromatic rings. The van der Waals surface area contributed by atoms with Crippen LogP contribution in [0.1, 0.15) is 11.3 Å². The summed E-state index contributed by atoms with van der Waals surface area (Å²) in [6.45, 7) is 1.85. The molecule has 0 saturated heterocycles. The van der Waals surface area contributed by atoms with Crippen LogP contribution in [0.15, 0.2) is 50.1 Å².